The summed E-state index contributed by atoms with van der Waals surface area (Å²) in [4.78, 5) is 14.0. The van der Waals surface area contributed by atoms with Crippen LogP contribution in [0.15, 0.2) is 12.3 Å². The smallest absolute Gasteiger partial charge is 0.433 e. The molecule has 0 saturated heterocycles. The van der Waals surface area contributed by atoms with Gasteiger partial charge in [0.05, 0.1) is 6.20 Å². The van der Waals surface area contributed by atoms with E-state index in [9.17, 15) is 18.0 Å². The van der Waals surface area contributed by atoms with Crippen molar-refractivity contribution in [3.8, 4) is 5.75 Å². The van der Waals surface area contributed by atoms with E-state index >= 15 is 0 Å². The summed E-state index contributed by atoms with van der Waals surface area (Å²) in [5, 5.41) is 2.34. The number of aromatic nitrogens is 1. The van der Waals surface area contributed by atoms with E-state index in [1.54, 1.807) is 0 Å². The number of hydrogen-bond acceptors (Lipinski definition) is 3. The van der Waals surface area contributed by atoms with E-state index in [-0.39, 0.29) is 18.0 Å². The number of pyridine rings is 1. The van der Waals surface area contributed by atoms with Gasteiger partial charge in [0.2, 0.25) is 0 Å². The van der Waals surface area contributed by atoms with E-state index in [0.717, 1.165) is 12.3 Å². The summed E-state index contributed by atoms with van der Waals surface area (Å²) in [5.74, 6) is -0.430. The predicted octanol–water partition coefficient (Wildman–Crippen LogP) is 1.43. The number of amides is 1. The highest BCUT2D eigenvalue weighted by Gasteiger charge is 2.34. The van der Waals surface area contributed by atoms with Crippen molar-refractivity contribution in [2.45, 2.75) is 6.18 Å². The Morgan fingerprint density at radius 2 is 2.20 bits per heavy atom. The Kier molecular flexibility index (Phi) is 2.02. The Morgan fingerprint density at radius 3 is 2.87 bits per heavy atom. The molecule has 0 spiro atoms. The highest BCUT2D eigenvalue weighted by atomic mass is 19.4. The SMILES string of the molecule is O=C1COc2cc(C(F)(F)F)ncc2N1. The second-order valence-corrected chi connectivity index (χ2v) is 2.90. The zero-order valence-corrected chi connectivity index (χ0v) is 7.26. The molecule has 1 aromatic rings. The Hall–Kier alpha value is -1.79. The molecule has 1 aromatic heterocycles. The van der Waals surface area contributed by atoms with Crippen molar-refractivity contribution in [1.29, 1.82) is 0 Å². The average molecular weight is 218 g/mol. The van der Waals surface area contributed by atoms with Gasteiger partial charge in [-0.05, 0) is 0 Å². The standard InChI is InChI=1S/C8H5F3N2O2/c9-8(10,11)6-1-5-4(2-12-6)13-7(14)3-15-5/h1-2H,3H2,(H,13,14). The van der Waals surface area contributed by atoms with Crippen molar-refractivity contribution in [2.75, 3.05) is 11.9 Å². The van der Waals surface area contributed by atoms with Crippen molar-refractivity contribution < 1.29 is 22.7 Å². The number of nitrogens with one attached hydrogen (secondary N) is 1. The highest BCUT2D eigenvalue weighted by Crippen LogP contribution is 2.34. The van der Waals surface area contributed by atoms with Crippen molar-refractivity contribution in [3.05, 3.63) is 18.0 Å². The van der Waals surface area contributed by atoms with Crippen molar-refractivity contribution in [2.24, 2.45) is 0 Å². The minimum Gasteiger partial charge on any atom is -0.481 e. The van der Waals surface area contributed by atoms with Gasteiger partial charge in [-0.3, -0.25) is 4.79 Å². The molecule has 0 aromatic carbocycles. The van der Waals surface area contributed by atoms with Crippen LogP contribution in [0.1, 0.15) is 5.69 Å². The molecule has 80 valence electrons. The number of alkyl halides is 3. The lowest BCUT2D eigenvalue weighted by Crippen LogP contribution is -2.26. The first-order valence-electron chi connectivity index (χ1n) is 3.97. The number of hydrogen-bond donors (Lipinski definition) is 1. The largest absolute Gasteiger partial charge is 0.481 e. The molecule has 2 rings (SSSR count). The summed E-state index contributed by atoms with van der Waals surface area (Å²) in [5.41, 5.74) is -0.892. The van der Waals surface area contributed by atoms with E-state index in [4.69, 9.17) is 4.74 Å². The van der Waals surface area contributed by atoms with E-state index < -0.39 is 17.8 Å². The molecular formula is C8H5F3N2O2. The fourth-order valence-corrected chi connectivity index (χ4v) is 1.13. The summed E-state index contributed by atoms with van der Waals surface area (Å²) in [6, 6.07) is 0.759. The third kappa shape index (κ3) is 1.85. The van der Waals surface area contributed by atoms with E-state index in [0.29, 0.717) is 0 Å². The predicted molar refractivity (Wildman–Crippen MR) is 43.4 cm³/mol. The number of anilines is 1. The van der Waals surface area contributed by atoms with Gasteiger partial charge in [0.1, 0.15) is 17.1 Å². The van der Waals surface area contributed by atoms with Gasteiger partial charge < -0.3 is 10.1 Å². The van der Waals surface area contributed by atoms with Gasteiger partial charge >= 0.3 is 6.18 Å². The number of carbonyl (C=O) groups excluding carboxylic acids is 1. The number of fused-ring (bicyclic) bond motifs is 1. The molecule has 1 aliphatic rings. The quantitative estimate of drug-likeness (QED) is 0.716. The monoisotopic (exact) mass is 218 g/mol. The summed E-state index contributed by atoms with van der Waals surface area (Å²) >= 11 is 0. The molecule has 1 N–H and O–H groups in total. The van der Waals surface area contributed by atoms with Crippen LogP contribution in [0.4, 0.5) is 18.9 Å². The lowest BCUT2D eigenvalue weighted by atomic mass is 10.2. The zero-order valence-electron chi connectivity index (χ0n) is 7.26. The third-order valence-corrected chi connectivity index (χ3v) is 1.79. The van der Waals surface area contributed by atoms with Crippen molar-refractivity contribution in [3.63, 3.8) is 0 Å². The number of carbonyl (C=O) groups is 1. The van der Waals surface area contributed by atoms with Crippen molar-refractivity contribution in [1.82, 2.24) is 4.98 Å². The van der Waals surface area contributed by atoms with Crippen molar-refractivity contribution >= 4 is 11.6 Å². The highest BCUT2D eigenvalue weighted by molar-refractivity contribution is 5.95. The van der Waals surface area contributed by atoms with Crippen LogP contribution in [-0.2, 0) is 11.0 Å². The van der Waals surface area contributed by atoms with Crippen LogP contribution in [0.5, 0.6) is 5.75 Å². The van der Waals surface area contributed by atoms with Crippen LogP contribution in [-0.4, -0.2) is 17.5 Å². The summed E-state index contributed by atoms with van der Waals surface area (Å²) in [7, 11) is 0. The zero-order chi connectivity index (χ0) is 11.1. The molecule has 0 unspecified atom stereocenters. The Balaban J connectivity index is 2.39. The Bertz CT molecular complexity index is 417. The van der Waals surface area contributed by atoms with Crippen LogP contribution in [0.3, 0.4) is 0 Å². The van der Waals surface area contributed by atoms with E-state index in [2.05, 4.69) is 10.3 Å². The van der Waals surface area contributed by atoms with E-state index in [1.165, 1.54) is 0 Å². The third-order valence-electron chi connectivity index (χ3n) is 1.79. The number of nitrogens with zero attached hydrogens (tertiary/aromatic N) is 1. The first-order chi connectivity index (χ1) is 6.97. The molecule has 0 radical (unpaired) electrons. The summed E-state index contributed by atoms with van der Waals surface area (Å²) < 4.78 is 41.5. The van der Waals surface area contributed by atoms with Gasteiger partial charge in [-0.1, -0.05) is 0 Å². The second-order valence-electron chi connectivity index (χ2n) is 2.90. The molecule has 2 heterocycles. The van der Waals surface area contributed by atoms with Gasteiger partial charge in [-0.15, -0.1) is 0 Å². The second kappa shape index (κ2) is 3.11. The average Bonchev–Trinajstić information content (AvgIpc) is 2.15. The lowest BCUT2D eigenvalue weighted by molar-refractivity contribution is -0.141. The maximum Gasteiger partial charge on any atom is 0.433 e. The van der Waals surface area contributed by atoms with E-state index in [1.807, 2.05) is 0 Å². The Labute approximate surface area is 82.1 Å². The molecule has 1 amide bonds. The molecule has 0 aliphatic carbocycles. The topological polar surface area (TPSA) is 51.2 Å². The molecule has 7 heteroatoms. The number of rotatable bonds is 0. The van der Waals surface area contributed by atoms with Gasteiger partial charge in [0.15, 0.2) is 6.61 Å². The first-order valence-corrected chi connectivity index (χ1v) is 3.97. The lowest BCUT2D eigenvalue weighted by Gasteiger charge is -2.18. The molecule has 0 atom stereocenters. The summed E-state index contributed by atoms with van der Waals surface area (Å²) in [6.45, 7) is -0.283. The fraction of sp³-hybridized carbons (Fsp3) is 0.250. The molecule has 0 fully saturated rings. The maximum atomic E-state index is 12.2. The first kappa shape index (κ1) is 9.75. The minimum absolute atomic E-state index is 0.0167. The molecule has 4 nitrogen and oxygen atoms in total. The van der Waals surface area contributed by atoms with Crippen LogP contribution >= 0.6 is 0 Å². The fourth-order valence-electron chi connectivity index (χ4n) is 1.13. The van der Waals surface area contributed by atoms with Crippen LogP contribution < -0.4 is 10.1 Å². The van der Waals surface area contributed by atoms with Gasteiger partial charge in [0, 0.05) is 6.07 Å². The van der Waals surface area contributed by atoms with Gasteiger partial charge in [0.25, 0.3) is 5.91 Å². The normalized spacial score (nSPS) is 15.3. The maximum absolute atomic E-state index is 12.2. The van der Waals surface area contributed by atoms with Crippen LogP contribution in [0.25, 0.3) is 0 Å². The molecule has 0 saturated carbocycles. The molecular weight excluding hydrogens is 213 g/mol. The van der Waals surface area contributed by atoms with Gasteiger partial charge in [-0.25, -0.2) is 4.98 Å². The number of halogens is 3. The minimum atomic E-state index is -4.51. The molecule has 15 heavy (non-hydrogen) atoms. The summed E-state index contributed by atoms with van der Waals surface area (Å²) in [6.07, 6.45) is -3.59. The molecule has 0 bridgehead atoms. The number of ether oxygens (including phenoxy) is 1. The van der Waals surface area contributed by atoms with Crippen LogP contribution in [0.2, 0.25) is 0 Å². The van der Waals surface area contributed by atoms with Crippen LogP contribution in [0, 0.1) is 0 Å². The van der Waals surface area contributed by atoms with Gasteiger partial charge in [-0.2, -0.15) is 13.2 Å². The molecule has 1 aliphatic heterocycles. The Morgan fingerprint density at radius 1 is 1.47 bits per heavy atom.